The monoisotopic (exact) mass is 320 g/mol. The van der Waals surface area contributed by atoms with E-state index in [1.54, 1.807) is 7.11 Å². The van der Waals surface area contributed by atoms with E-state index < -0.39 is 17.1 Å². The average Bonchev–Trinajstić information content (AvgIpc) is 2.52. The normalized spacial score (nSPS) is 10.7. The van der Waals surface area contributed by atoms with Crippen molar-refractivity contribution in [2.45, 2.75) is 19.3 Å². The van der Waals surface area contributed by atoms with Gasteiger partial charge in [0.25, 0.3) is 5.56 Å². The SMILES string of the molecule is COCCCCOc1ccc(Cc2c(O)[nH]c(=O)[nH]c2=O)cc1. The molecular weight excluding hydrogens is 300 g/mol. The average molecular weight is 320 g/mol. The van der Waals surface area contributed by atoms with E-state index in [1.165, 1.54) is 0 Å². The molecule has 0 amide bonds. The molecule has 23 heavy (non-hydrogen) atoms. The summed E-state index contributed by atoms with van der Waals surface area (Å²) >= 11 is 0. The minimum Gasteiger partial charge on any atom is -0.494 e. The highest BCUT2D eigenvalue weighted by Crippen LogP contribution is 2.16. The zero-order valence-corrected chi connectivity index (χ0v) is 12.9. The molecule has 1 heterocycles. The van der Waals surface area contributed by atoms with Crippen molar-refractivity contribution in [3.63, 3.8) is 0 Å². The molecule has 124 valence electrons. The molecule has 7 heteroatoms. The number of unbranched alkanes of at least 4 members (excludes halogenated alkanes) is 1. The summed E-state index contributed by atoms with van der Waals surface area (Å²) < 4.78 is 10.6. The molecule has 0 spiro atoms. The minimum absolute atomic E-state index is 0.123. The third-order valence-corrected chi connectivity index (χ3v) is 3.33. The van der Waals surface area contributed by atoms with Crippen LogP contribution in [0.4, 0.5) is 0 Å². The first-order chi connectivity index (χ1) is 11.1. The van der Waals surface area contributed by atoms with Gasteiger partial charge in [0.2, 0.25) is 5.88 Å². The van der Waals surface area contributed by atoms with Gasteiger partial charge >= 0.3 is 5.69 Å². The van der Waals surface area contributed by atoms with Crippen LogP contribution in [-0.2, 0) is 11.2 Å². The Balaban J connectivity index is 1.95. The van der Waals surface area contributed by atoms with E-state index in [9.17, 15) is 14.7 Å². The highest BCUT2D eigenvalue weighted by molar-refractivity contribution is 5.33. The number of ether oxygens (including phenoxy) is 2. The van der Waals surface area contributed by atoms with Crippen molar-refractivity contribution in [1.82, 2.24) is 9.97 Å². The molecule has 7 nitrogen and oxygen atoms in total. The van der Waals surface area contributed by atoms with Gasteiger partial charge in [-0.15, -0.1) is 0 Å². The predicted molar refractivity (Wildman–Crippen MR) is 85.2 cm³/mol. The Bertz CT molecular complexity index is 733. The number of H-pyrrole nitrogens is 2. The Hall–Kier alpha value is -2.54. The van der Waals surface area contributed by atoms with Crippen molar-refractivity contribution in [2.75, 3.05) is 20.3 Å². The van der Waals surface area contributed by atoms with Gasteiger partial charge in [-0.25, -0.2) is 4.79 Å². The van der Waals surface area contributed by atoms with E-state index >= 15 is 0 Å². The van der Waals surface area contributed by atoms with Crippen molar-refractivity contribution in [3.8, 4) is 11.6 Å². The molecule has 0 aliphatic carbocycles. The second-order valence-corrected chi connectivity index (χ2v) is 5.10. The highest BCUT2D eigenvalue weighted by Gasteiger charge is 2.09. The zero-order chi connectivity index (χ0) is 16.7. The van der Waals surface area contributed by atoms with Crippen LogP contribution in [0, 0.1) is 0 Å². The third-order valence-electron chi connectivity index (χ3n) is 3.33. The van der Waals surface area contributed by atoms with Crippen LogP contribution in [0.2, 0.25) is 0 Å². The Morgan fingerprint density at radius 2 is 1.74 bits per heavy atom. The number of benzene rings is 1. The van der Waals surface area contributed by atoms with E-state index in [0.29, 0.717) is 6.61 Å². The summed E-state index contributed by atoms with van der Waals surface area (Å²) in [5, 5.41) is 9.66. The van der Waals surface area contributed by atoms with Gasteiger partial charge in [-0.1, -0.05) is 12.1 Å². The number of aromatic amines is 2. The van der Waals surface area contributed by atoms with Crippen LogP contribution < -0.4 is 16.0 Å². The van der Waals surface area contributed by atoms with Gasteiger partial charge in [0.1, 0.15) is 5.75 Å². The van der Waals surface area contributed by atoms with E-state index in [-0.39, 0.29) is 12.0 Å². The predicted octanol–water partition coefficient (Wildman–Crippen LogP) is 1.16. The molecule has 0 aliphatic rings. The topological polar surface area (TPSA) is 104 Å². The fourth-order valence-corrected chi connectivity index (χ4v) is 2.11. The maximum absolute atomic E-state index is 11.7. The lowest BCUT2D eigenvalue weighted by molar-refractivity contribution is 0.184. The molecule has 0 atom stereocenters. The van der Waals surface area contributed by atoms with Crippen LogP contribution in [0.3, 0.4) is 0 Å². The van der Waals surface area contributed by atoms with Crippen LogP contribution >= 0.6 is 0 Å². The Morgan fingerprint density at radius 3 is 2.39 bits per heavy atom. The van der Waals surface area contributed by atoms with E-state index in [4.69, 9.17) is 9.47 Å². The van der Waals surface area contributed by atoms with Crippen molar-refractivity contribution in [2.24, 2.45) is 0 Å². The van der Waals surface area contributed by atoms with Crippen molar-refractivity contribution in [1.29, 1.82) is 0 Å². The fourth-order valence-electron chi connectivity index (χ4n) is 2.11. The van der Waals surface area contributed by atoms with E-state index in [2.05, 4.69) is 9.97 Å². The minimum atomic E-state index is -0.728. The molecule has 3 N–H and O–H groups in total. The summed E-state index contributed by atoms with van der Waals surface area (Å²) in [5.74, 6) is 0.336. The standard InChI is InChI=1S/C16H20N2O5/c1-22-8-2-3-9-23-12-6-4-11(5-7-12)10-13-14(19)17-16(21)18-15(13)20/h4-7H,2-3,8-10H2,1H3,(H3,17,18,19,20,21). The second kappa shape index (κ2) is 8.19. The number of nitrogens with one attached hydrogen (secondary N) is 2. The van der Waals surface area contributed by atoms with Gasteiger partial charge in [0, 0.05) is 20.1 Å². The summed E-state index contributed by atoms with van der Waals surface area (Å²) in [6.45, 7) is 1.34. The molecular formula is C16H20N2O5. The van der Waals surface area contributed by atoms with Crippen LogP contribution in [-0.4, -0.2) is 35.4 Å². The van der Waals surface area contributed by atoms with Crippen molar-refractivity contribution in [3.05, 3.63) is 56.2 Å². The number of hydrogen-bond acceptors (Lipinski definition) is 5. The molecule has 0 radical (unpaired) electrons. The molecule has 0 unspecified atom stereocenters. The Kier molecular flexibility index (Phi) is 5.99. The van der Waals surface area contributed by atoms with Gasteiger partial charge in [0.15, 0.2) is 0 Å². The molecule has 1 aromatic carbocycles. The van der Waals surface area contributed by atoms with Crippen LogP contribution in [0.15, 0.2) is 33.9 Å². The maximum atomic E-state index is 11.7. The molecule has 0 aliphatic heterocycles. The summed E-state index contributed by atoms with van der Waals surface area (Å²) in [6.07, 6.45) is 2.07. The first-order valence-corrected chi connectivity index (χ1v) is 7.35. The Labute approximate surface area is 132 Å². The van der Waals surface area contributed by atoms with Crippen LogP contribution in [0.5, 0.6) is 11.6 Å². The number of aromatic hydroxyl groups is 1. The largest absolute Gasteiger partial charge is 0.494 e. The van der Waals surface area contributed by atoms with Crippen molar-refractivity contribution >= 4 is 0 Å². The van der Waals surface area contributed by atoms with Crippen LogP contribution in [0.25, 0.3) is 0 Å². The highest BCUT2D eigenvalue weighted by atomic mass is 16.5. The van der Waals surface area contributed by atoms with Crippen molar-refractivity contribution < 1.29 is 14.6 Å². The van der Waals surface area contributed by atoms with E-state index in [1.807, 2.05) is 24.3 Å². The number of methoxy groups -OCH3 is 1. The lowest BCUT2D eigenvalue weighted by Crippen LogP contribution is -2.25. The third kappa shape index (κ3) is 5.00. The first kappa shape index (κ1) is 16.8. The molecule has 2 aromatic rings. The quantitative estimate of drug-likeness (QED) is 0.633. The molecule has 2 rings (SSSR count). The maximum Gasteiger partial charge on any atom is 0.328 e. The van der Waals surface area contributed by atoms with Crippen LogP contribution in [0.1, 0.15) is 24.0 Å². The number of hydrogen-bond donors (Lipinski definition) is 3. The Morgan fingerprint density at radius 1 is 1.04 bits per heavy atom. The van der Waals surface area contributed by atoms with Gasteiger partial charge in [-0.2, -0.15) is 0 Å². The summed E-state index contributed by atoms with van der Waals surface area (Å²) in [5.41, 5.74) is -0.374. The number of rotatable bonds is 8. The molecule has 1 aromatic heterocycles. The second-order valence-electron chi connectivity index (χ2n) is 5.10. The van der Waals surface area contributed by atoms with Gasteiger partial charge in [-0.05, 0) is 30.5 Å². The fraction of sp³-hybridized carbons (Fsp3) is 0.375. The van der Waals surface area contributed by atoms with E-state index in [0.717, 1.165) is 30.8 Å². The smallest absolute Gasteiger partial charge is 0.328 e. The van der Waals surface area contributed by atoms with Gasteiger partial charge in [0.05, 0.1) is 12.2 Å². The first-order valence-electron chi connectivity index (χ1n) is 7.35. The summed E-state index contributed by atoms with van der Waals surface area (Å²) in [6, 6.07) is 7.24. The number of aromatic nitrogens is 2. The summed E-state index contributed by atoms with van der Waals surface area (Å²) in [4.78, 5) is 27.0. The molecule has 0 fully saturated rings. The lowest BCUT2D eigenvalue weighted by atomic mass is 10.1. The molecule has 0 bridgehead atoms. The lowest BCUT2D eigenvalue weighted by Gasteiger charge is -2.07. The zero-order valence-electron chi connectivity index (χ0n) is 12.9. The summed E-state index contributed by atoms with van der Waals surface area (Å²) in [7, 11) is 1.67. The molecule has 0 saturated heterocycles. The molecule has 0 saturated carbocycles. The van der Waals surface area contributed by atoms with Gasteiger partial charge < -0.3 is 14.6 Å². The van der Waals surface area contributed by atoms with Gasteiger partial charge in [-0.3, -0.25) is 14.8 Å².